The highest BCUT2D eigenvalue weighted by atomic mass is 32.2. The van der Waals surface area contributed by atoms with Crippen LogP contribution in [0, 0.1) is 0 Å². The van der Waals surface area contributed by atoms with E-state index in [1.807, 2.05) is 0 Å². The van der Waals surface area contributed by atoms with E-state index in [1.165, 1.54) is 17.0 Å². The van der Waals surface area contributed by atoms with Crippen molar-refractivity contribution in [1.82, 2.24) is 10.2 Å². The van der Waals surface area contributed by atoms with Crippen LogP contribution in [-0.4, -0.2) is 57.0 Å². The molecule has 0 saturated heterocycles. The first-order valence-corrected chi connectivity index (χ1v) is 10.7. The van der Waals surface area contributed by atoms with Gasteiger partial charge in [0, 0.05) is 25.6 Å². The lowest BCUT2D eigenvalue weighted by Crippen LogP contribution is -2.35. The topological polar surface area (TPSA) is 151 Å². The number of nitrogens with two attached hydrogens (primary N) is 1. The van der Waals surface area contributed by atoms with E-state index < -0.39 is 27.7 Å². The van der Waals surface area contributed by atoms with Gasteiger partial charge in [-0.2, -0.15) is 8.42 Å². The summed E-state index contributed by atoms with van der Waals surface area (Å²) >= 11 is 0. The Kier molecular flexibility index (Phi) is 6.35. The summed E-state index contributed by atoms with van der Waals surface area (Å²) in [6, 6.07) is 12.8. The van der Waals surface area contributed by atoms with Gasteiger partial charge in [-0.05, 0) is 24.3 Å². The quantitative estimate of drug-likeness (QED) is 0.560. The van der Waals surface area contributed by atoms with Crippen molar-refractivity contribution in [2.75, 3.05) is 25.5 Å². The molecule has 1 aliphatic rings. The first-order valence-electron chi connectivity index (χ1n) is 9.30. The first-order chi connectivity index (χ1) is 14.7. The van der Waals surface area contributed by atoms with E-state index in [1.54, 1.807) is 43.4 Å². The molecule has 162 valence electrons. The second-order valence-corrected chi connectivity index (χ2v) is 8.38. The van der Waals surface area contributed by atoms with Crippen molar-refractivity contribution in [2.45, 2.75) is 11.3 Å². The highest BCUT2D eigenvalue weighted by molar-refractivity contribution is 7.90. The molecule has 1 heterocycles. The number of anilines is 1. The number of carbonyl (C=O) groups excluding carboxylic acids is 3. The standard InChI is InChI=1S/C20H21N5O5S/c1-25(19-14-7-3-5-9-16(14)31(29,30)24-19)12-18(27)23-15-8-4-2-6-13(15)20(28)22-11-10-17(21)26/h2-9H,10-12H2,1H3,(H2,21,26)(H,22,28)(H,23,27). The largest absolute Gasteiger partial charge is 0.370 e. The minimum atomic E-state index is -3.80. The molecule has 2 aromatic carbocycles. The molecule has 0 radical (unpaired) electrons. The molecule has 2 aromatic rings. The van der Waals surface area contributed by atoms with Crippen molar-refractivity contribution in [3.63, 3.8) is 0 Å². The van der Waals surface area contributed by atoms with Crippen molar-refractivity contribution in [3.8, 4) is 0 Å². The van der Waals surface area contributed by atoms with Gasteiger partial charge in [0.15, 0.2) is 5.84 Å². The highest BCUT2D eigenvalue weighted by Gasteiger charge is 2.31. The minimum absolute atomic E-state index is 0.00243. The Morgan fingerprint density at radius 2 is 1.74 bits per heavy atom. The molecular weight excluding hydrogens is 422 g/mol. The fourth-order valence-corrected chi connectivity index (χ4v) is 4.28. The molecule has 4 N–H and O–H groups in total. The third-order valence-electron chi connectivity index (χ3n) is 4.46. The Hall–Kier alpha value is -3.73. The Bertz CT molecular complexity index is 1180. The molecule has 0 unspecified atom stereocenters. The van der Waals surface area contributed by atoms with Crippen molar-refractivity contribution in [2.24, 2.45) is 10.1 Å². The number of primary amides is 1. The number of para-hydroxylation sites is 1. The number of amides is 3. The molecular formula is C20H21N5O5S. The number of benzene rings is 2. The molecule has 0 fully saturated rings. The molecule has 0 spiro atoms. The summed E-state index contributed by atoms with van der Waals surface area (Å²) in [5.74, 6) is -1.30. The van der Waals surface area contributed by atoms with Gasteiger partial charge in [-0.25, -0.2) is 0 Å². The summed E-state index contributed by atoms with van der Waals surface area (Å²) < 4.78 is 28.2. The molecule has 31 heavy (non-hydrogen) atoms. The molecule has 1 aliphatic heterocycles. The third kappa shape index (κ3) is 5.07. The van der Waals surface area contributed by atoms with Gasteiger partial charge in [0.25, 0.3) is 15.9 Å². The lowest BCUT2D eigenvalue weighted by atomic mass is 10.1. The molecule has 10 nitrogen and oxygen atoms in total. The van der Waals surface area contributed by atoms with Crippen LogP contribution in [0.15, 0.2) is 57.8 Å². The van der Waals surface area contributed by atoms with Crippen LogP contribution in [0.25, 0.3) is 0 Å². The predicted octanol–water partition coefficient (Wildman–Crippen LogP) is 0.311. The highest BCUT2D eigenvalue weighted by Crippen LogP contribution is 2.27. The summed E-state index contributed by atoms with van der Waals surface area (Å²) in [4.78, 5) is 37.3. The third-order valence-corrected chi connectivity index (χ3v) is 5.78. The normalized spacial score (nSPS) is 13.6. The zero-order valence-electron chi connectivity index (χ0n) is 16.7. The van der Waals surface area contributed by atoms with E-state index in [-0.39, 0.29) is 41.5 Å². The summed E-state index contributed by atoms with van der Waals surface area (Å²) in [6.45, 7) is -0.118. The SMILES string of the molecule is CN(CC(=O)Nc1ccccc1C(=O)NCCC(N)=O)C1=NS(=O)(=O)c2ccccc21. The van der Waals surface area contributed by atoms with E-state index in [9.17, 15) is 22.8 Å². The zero-order chi connectivity index (χ0) is 22.6. The van der Waals surface area contributed by atoms with Crippen molar-refractivity contribution < 1.29 is 22.8 Å². The Balaban J connectivity index is 1.69. The number of nitrogens with one attached hydrogen (secondary N) is 2. The maximum atomic E-state index is 12.6. The van der Waals surface area contributed by atoms with E-state index in [0.29, 0.717) is 5.56 Å². The maximum Gasteiger partial charge on any atom is 0.285 e. The van der Waals surface area contributed by atoms with Crippen LogP contribution >= 0.6 is 0 Å². The second-order valence-electron chi connectivity index (χ2n) is 6.81. The van der Waals surface area contributed by atoms with Crippen LogP contribution in [0.4, 0.5) is 5.69 Å². The van der Waals surface area contributed by atoms with Crippen molar-refractivity contribution >= 4 is 39.3 Å². The smallest absolute Gasteiger partial charge is 0.285 e. The van der Waals surface area contributed by atoms with Crippen LogP contribution in [0.5, 0.6) is 0 Å². The summed E-state index contributed by atoms with van der Waals surface area (Å²) in [5, 5.41) is 5.21. The number of rotatable bonds is 7. The van der Waals surface area contributed by atoms with Crippen LogP contribution in [0.2, 0.25) is 0 Å². The van der Waals surface area contributed by atoms with Crippen LogP contribution < -0.4 is 16.4 Å². The van der Waals surface area contributed by atoms with Gasteiger partial charge in [-0.1, -0.05) is 24.3 Å². The number of carbonyl (C=O) groups is 3. The fraction of sp³-hybridized carbons (Fsp3) is 0.200. The molecule has 0 aromatic heterocycles. The summed E-state index contributed by atoms with van der Waals surface area (Å²) in [7, 11) is -2.24. The lowest BCUT2D eigenvalue weighted by Gasteiger charge is -2.19. The average molecular weight is 443 g/mol. The lowest BCUT2D eigenvalue weighted by molar-refractivity contribution is -0.118. The molecule has 11 heteroatoms. The molecule has 3 amide bonds. The van der Waals surface area contributed by atoms with E-state index in [2.05, 4.69) is 15.0 Å². The van der Waals surface area contributed by atoms with Gasteiger partial charge in [-0.15, -0.1) is 4.40 Å². The van der Waals surface area contributed by atoms with E-state index >= 15 is 0 Å². The minimum Gasteiger partial charge on any atom is -0.370 e. The Labute approximate surface area is 179 Å². The zero-order valence-corrected chi connectivity index (χ0v) is 17.5. The van der Waals surface area contributed by atoms with Crippen molar-refractivity contribution in [1.29, 1.82) is 0 Å². The Morgan fingerprint density at radius 3 is 2.48 bits per heavy atom. The molecule has 0 bridgehead atoms. The van der Waals surface area contributed by atoms with Crippen molar-refractivity contribution in [3.05, 3.63) is 59.7 Å². The van der Waals surface area contributed by atoms with Crippen LogP contribution in [0.1, 0.15) is 22.3 Å². The van der Waals surface area contributed by atoms with E-state index in [0.717, 1.165) is 0 Å². The van der Waals surface area contributed by atoms with Crippen LogP contribution in [0.3, 0.4) is 0 Å². The number of likely N-dealkylation sites (N-methyl/N-ethyl adjacent to an activating group) is 1. The first kappa shape index (κ1) is 22.0. The predicted molar refractivity (Wildman–Crippen MR) is 114 cm³/mol. The van der Waals surface area contributed by atoms with E-state index in [4.69, 9.17) is 5.73 Å². The van der Waals surface area contributed by atoms with Gasteiger partial charge < -0.3 is 21.3 Å². The number of nitrogens with zero attached hydrogens (tertiary/aromatic N) is 2. The van der Waals surface area contributed by atoms with Gasteiger partial charge in [0.2, 0.25) is 11.8 Å². The Morgan fingerprint density at radius 1 is 1.06 bits per heavy atom. The summed E-state index contributed by atoms with van der Waals surface area (Å²) in [6.07, 6.45) is -0.00243. The maximum absolute atomic E-state index is 12.6. The summed E-state index contributed by atoms with van der Waals surface area (Å²) in [5.41, 5.74) is 5.98. The monoisotopic (exact) mass is 443 g/mol. The molecule has 3 rings (SSSR count). The molecule has 0 atom stereocenters. The van der Waals surface area contributed by atoms with Crippen LogP contribution in [-0.2, 0) is 19.6 Å². The average Bonchev–Trinajstić information content (AvgIpc) is 2.99. The number of hydrogen-bond donors (Lipinski definition) is 3. The molecule has 0 aliphatic carbocycles. The number of fused-ring (bicyclic) bond motifs is 1. The van der Waals surface area contributed by atoms with Gasteiger partial charge in [-0.3, -0.25) is 14.4 Å². The van der Waals surface area contributed by atoms with Gasteiger partial charge in [0.05, 0.1) is 17.8 Å². The molecule has 0 saturated carbocycles. The van der Waals surface area contributed by atoms with Gasteiger partial charge >= 0.3 is 0 Å². The number of sulfonamides is 1. The number of amidine groups is 1. The second kappa shape index (κ2) is 8.96. The number of hydrogen-bond acceptors (Lipinski definition) is 6. The van der Waals surface area contributed by atoms with Gasteiger partial charge in [0.1, 0.15) is 4.90 Å². The fourth-order valence-electron chi connectivity index (χ4n) is 3.03.